The van der Waals surface area contributed by atoms with E-state index in [1.54, 1.807) is 30.3 Å². The van der Waals surface area contributed by atoms with E-state index >= 15 is 0 Å². The molecule has 0 aliphatic carbocycles. The minimum Gasteiger partial charge on any atom is -0.492 e. The Labute approximate surface area is 167 Å². The SMILES string of the molecule is CCCOc1ccc(C(C)(C)C)cc1S(=O)(=O)Oc1ccccc1NC(C)=O. The van der Waals surface area contributed by atoms with Crippen LogP contribution in [0.4, 0.5) is 5.69 Å². The van der Waals surface area contributed by atoms with Crippen molar-refractivity contribution in [2.75, 3.05) is 11.9 Å². The van der Waals surface area contributed by atoms with Gasteiger partial charge in [-0.1, -0.05) is 45.9 Å². The fourth-order valence-corrected chi connectivity index (χ4v) is 3.61. The highest BCUT2D eigenvalue weighted by atomic mass is 32.2. The predicted octanol–water partition coefficient (Wildman–Crippen LogP) is 4.50. The summed E-state index contributed by atoms with van der Waals surface area (Å²) in [5, 5.41) is 2.57. The van der Waals surface area contributed by atoms with Crippen molar-refractivity contribution in [3.8, 4) is 11.5 Å². The van der Waals surface area contributed by atoms with Gasteiger partial charge < -0.3 is 14.2 Å². The van der Waals surface area contributed by atoms with Gasteiger partial charge in [-0.15, -0.1) is 0 Å². The Bertz CT molecular complexity index is 946. The topological polar surface area (TPSA) is 81.7 Å². The lowest BCUT2D eigenvalue weighted by Gasteiger charge is -2.21. The van der Waals surface area contributed by atoms with Gasteiger partial charge in [-0.25, -0.2) is 0 Å². The average molecular weight is 406 g/mol. The fourth-order valence-electron chi connectivity index (χ4n) is 2.50. The minimum absolute atomic E-state index is 0.0361. The number of rotatable bonds is 7. The van der Waals surface area contributed by atoms with Crippen LogP contribution >= 0.6 is 0 Å². The molecular formula is C21H27NO5S. The van der Waals surface area contributed by atoms with E-state index in [0.717, 1.165) is 12.0 Å². The van der Waals surface area contributed by atoms with Gasteiger partial charge in [-0.2, -0.15) is 8.42 Å². The van der Waals surface area contributed by atoms with Crippen molar-refractivity contribution in [2.45, 2.75) is 51.3 Å². The van der Waals surface area contributed by atoms with E-state index in [2.05, 4.69) is 5.32 Å². The zero-order valence-electron chi connectivity index (χ0n) is 16.9. The Balaban J connectivity index is 2.50. The first-order valence-corrected chi connectivity index (χ1v) is 10.5. The van der Waals surface area contributed by atoms with E-state index < -0.39 is 10.1 Å². The number of hydrogen-bond donors (Lipinski definition) is 1. The maximum absolute atomic E-state index is 13.1. The summed E-state index contributed by atoms with van der Waals surface area (Å²) < 4.78 is 37.2. The van der Waals surface area contributed by atoms with Gasteiger partial charge in [0.1, 0.15) is 10.6 Å². The van der Waals surface area contributed by atoms with Crippen LogP contribution in [0.3, 0.4) is 0 Å². The Kier molecular flexibility index (Phi) is 6.72. The van der Waals surface area contributed by atoms with Crippen molar-refractivity contribution < 1.29 is 22.1 Å². The Morgan fingerprint density at radius 1 is 1.07 bits per heavy atom. The van der Waals surface area contributed by atoms with E-state index in [1.165, 1.54) is 13.0 Å². The molecule has 0 aliphatic heterocycles. The van der Waals surface area contributed by atoms with E-state index in [1.807, 2.05) is 33.8 Å². The maximum atomic E-state index is 13.1. The van der Waals surface area contributed by atoms with E-state index in [0.29, 0.717) is 6.61 Å². The van der Waals surface area contributed by atoms with Crippen molar-refractivity contribution in [3.63, 3.8) is 0 Å². The summed E-state index contributed by atoms with van der Waals surface area (Å²) in [7, 11) is -4.19. The molecule has 2 aromatic carbocycles. The number of para-hydroxylation sites is 2. The number of carbonyl (C=O) groups is 1. The van der Waals surface area contributed by atoms with Crippen molar-refractivity contribution in [2.24, 2.45) is 0 Å². The molecular weight excluding hydrogens is 378 g/mol. The molecule has 0 unspecified atom stereocenters. The van der Waals surface area contributed by atoms with Crippen molar-refractivity contribution in [1.29, 1.82) is 0 Å². The molecule has 0 spiro atoms. The Hall–Kier alpha value is -2.54. The first kappa shape index (κ1) is 21.8. The molecule has 0 fully saturated rings. The molecule has 2 aromatic rings. The molecule has 1 N–H and O–H groups in total. The lowest BCUT2D eigenvalue weighted by Crippen LogP contribution is -2.17. The third-order valence-corrected chi connectivity index (χ3v) is 5.19. The molecule has 0 saturated heterocycles. The van der Waals surface area contributed by atoms with Gasteiger partial charge in [-0.3, -0.25) is 4.79 Å². The molecule has 7 heteroatoms. The van der Waals surface area contributed by atoms with E-state index in [4.69, 9.17) is 8.92 Å². The summed E-state index contributed by atoms with van der Waals surface area (Å²) in [6, 6.07) is 11.5. The summed E-state index contributed by atoms with van der Waals surface area (Å²) in [6.45, 7) is 9.67. The first-order chi connectivity index (χ1) is 13.0. The minimum atomic E-state index is -4.19. The Morgan fingerprint density at radius 2 is 1.75 bits per heavy atom. The molecule has 1 amide bonds. The molecule has 2 rings (SSSR count). The highest BCUT2D eigenvalue weighted by Gasteiger charge is 2.26. The van der Waals surface area contributed by atoms with Gasteiger partial charge in [0.25, 0.3) is 0 Å². The second kappa shape index (κ2) is 8.65. The third kappa shape index (κ3) is 5.48. The fraction of sp³-hybridized carbons (Fsp3) is 0.381. The molecule has 0 aliphatic rings. The highest BCUT2D eigenvalue weighted by molar-refractivity contribution is 7.87. The van der Waals surface area contributed by atoms with Crippen LogP contribution in [-0.4, -0.2) is 20.9 Å². The lowest BCUT2D eigenvalue weighted by atomic mass is 9.87. The van der Waals surface area contributed by atoms with Crippen LogP contribution in [0.5, 0.6) is 11.5 Å². The van der Waals surface area contributed by atoms with Crippen LogP contribution in [0.25, 0.3) is 0 Å². The van der Waals surface area contributed by atoms with Gasteiger partial charge in [0.05, 0.1) is 12.3 Å². The maximum Gasteiger partial charge on any atom is 0.343 e. The van der Waals surface area contributed by atoms with Crippen LogP contribution in [0.15, 0.2) is 47.4 Å². The first-order valence-electron chi connectivity index (χ1n) is 9.13. The van der Waals surface area contributed by atoms with Crippen LogP contribution in [0, 0.1) is 0 Å². The van der Waals surface area contributed by atoms with Gasteiger partial charge in [-0.05, 0) is 41.7 Å². The second-order valence-electron chi connectivity index (χ2n) is 7.47. The predicted molar refractivity (Wildman–Crippen MR) is 109 cm³/mol. The summed E-state index contributed by atoms with van der Waals surface area (Å²) >= 11 is 0. The lowest BCUT2D eigenvalue weighted by molar-refractivity contribution is -0.114. The number of anilines is 1. The van der Waals surface area contributed by atoms with Crippen LogP contribution in [0.1, 0.15) is 46.6 Å². The number of carbonyl (C=O) groups excluding carboxylic acids is 1. The standard InChI is InChI=1S/C21H27NO5S/c1-6-13-26-19-12-11-16(21(3,4)5)14-20(19)28(24,25)27-18-10-8-7-9-17(18)22-15(2)23/h7-12,14H,6,13H2,1-5H3,(H,22,23). The van der Waals surface area contributed by atoms with Gasteiger partial charge >= 0.3 is 10.1 Å². The van der Waals surface area contributed by atoms with Crippen molar-refractivity contribution in [3.05, 3.63) is 48.0 Å². The highest BCUT2D eigenvalue weighted by Crippen LogP contribution is 2.34. The monoisotopic (exact) mass is 405 g/mol. The zero-order chi connectivity index (χ0) is 20.9. The quantitative estimate of drug-likeness (QED) is 0.686. The van der Waals surface area contributed by atoms with Crippen LogP contribution in [0.2, 0.25) is 0 Å². The normalized spacial score (nSPS) is 11.8. The van der Waals surface area contributed by atoms with Crippen molar-refractivity contribution in [1.82, 2.24) is 0 Å². The number of hydrogen-bond acceptors (Lipinski definition) is 5. The molecule has 0 heterocycles. The third-order valence-electron chi connectivity index (χ3n) is 3.94. The molecule has 0 saturated carbocycles. The molecule has 0 radical (unpaired) electrons. The second-order valence-corrected chi connectivity index (χ2v) is 8.99. The molecule has 0 atom stereocenters. The molecule has 28 heavy (non-hydrogen) atoms. The summed E-state index contributed by atoms with van der Waals surface area (Å²) in [6.07, 6.45) is 0.743. The van der Waals surface area contributed by atoms with Gasteiger partial charge in [0.2, 0.25) is 5.91 Å². The largest absolute Gasteiger partial charge is 0.492 e. The van der Waals surface area contributed by atoms with E-state index in [9.17, 15) is 13.2 Å². The molecule has 152 valence electrons. The van der Waals surface area contributed by atoms with Crippen LogP contribution in [-0.2, 0) is 20.3 Å². The molecule has 6 nitrogen and oxygen atoms in total. The molecule has 0 bridgehead atoms. The summed E-state index contributed by atoms with van der Waals surface area (Å²) in [5.41, 5.74) is 0.872. The number of ether oxygens (including phenoxy) is 1. The smallest absolute Gasteiger partial charge is 0.343 e. The Morgan fingerprint density at radius 3 is 2.36 bits per heavy atom. The van der Waals surface area contributed by atoms with Gasteiger partial charge in [0, 0.05) is 6.92 Å². The number of nitrogens with one attached hydrogen (secondary N) is 1. The summed E-state index contributed by atoms with van der Waals surface area (Å²) in [4.78, 5) is 11.4. The molecule has 0 aromatic heterocycles. The number of amides is 1. The summed E-state index contributed by atoms with van der Waals surface area (Å²) in [5.74, 6) is -0.0395. The van der Waals surface area contributed by atoms with Crippen molar-refractivity contribution >= 4 is 21.7 Å². The average Bonchev–Trinajstić information content (AvgIpc) is 2.60. The van der Waals surface area contributed by atoms with Gasteiger partial charge in [0.15, 0.2) is 5.75 Å². The van der Waals surface area contributed by atoms with E-state index in [-0.39, 0.29) is 33.4 Å². The number of benzene rings is 2. The zero-order valence-corrected chi connectivity index (χ0v) is 17.7. The van der Waals surface area contributed by atoms with Crippen LogP contribution < -0.4 is 14.2 Å².